The molecule has 0 aromatic heterocycles. The molecule has 1 amide bonds. The maximum atomic E-state index is 12.0. The molecular formula is C15H21NO3. The molecule has 19 heavy (non-hydrogen) atoms. The molecule has 4 nitrogen and oxygen atoms in total. The number of piperidine rings is 1. The molecule has 1 saturated heterocycles. The number of benzene rings is 1. The number of methoxy groups -OCH3 is 1. The van der Waals surface area contributed by atoms with Crippen molar-refractivity contribution >= 4 is 5.91 Å². The molecule has 0 saturated carbocycles. The van der Waals surface area contributed by atoms with Crippen LogP contribution in [-0.2, 0) is 11.2 Å². The van der Waals surface area contributed by atoms with E-state index in [2.05, 4.69) is 0 Å². The summed E-state index contributed by atoms with van der Waals surface area (Å²) in [5, 5.41) is 9.52. The number of aromatic hydroxyl groups is 1. The molecule has 104 valence electrons. The summed E-state index contributed by atoms with van der Waals surface area (Å²) in [6.07, 6.45) is 4.69. The van der Waals surface area contributed by atoms with Crippen molar-refractivity contribution in [2.75, 3.05) is 20.2 Å². The Morgan fingerprint density at radius 2 is 2.05 bits per heavy atom. The van der Waals surface area contributed by atoms with Gasteiger partial charge in [-0.25, -0.2) is 0 Å². The normalized spacial score (nSPS) is 15.3. The second-order valence-electron chi connectivity index (χ2n) is 4.95. The van der Waals surface area contributed by atoms with Crippen LogP contribution in [0.15, 0.2) is 18.2 Å². The van der Waals surface area contributed by atoms with E-state index in [0.717, 1.165) is 31.5 Å². The Morgan fingerprint density at radius 3 is 2.74 bits per heavy atom. The number of rotatable bonds is 4. The van der Waals surface area contributed by atoms with Crippen molar-refractivity contribution in [3.05, 3.63) is 23.8 Å². The minimum atomic E-state index is 0.133. The fraction of sp³-hybridized carbons (Fsp3) is 0.533. The van der Waals surface area contributed by atoms with E-state index >= 15 is 0 Å². The minimum Gasteiger partial charge on any atom is -0.504 e. The van der Waals surface area contributed by atoms with E-state index < -0.39 is 0 Å². The molecule has 1 N–H and O–H groups in total. The van der Waals surface area contributed by atoms with Crippen molar-refractivity contribution in [3.8, 4) is 11.5 Å². The van der Waals surface area contributed by atoms with E-state index in [1.807, 2.05) is 11.0 Å². The van der Waals surface area contributed by atoms with E-state index in [-0.39, 0.29) is 11.7 Å². The first-order valence-corrected chi connectivity index (χ1v) is 6.84. The van der Waals surface area contributed by atoms with Crippen LogP contribution in [0.3, 0.4) is 0 Å². The third-order valence-electron chi connectivity index (χ3n) is 3.58. The highest BCUT2D eigenvalue weighted by Crippen LogP contribution is 2.26. The number of hydrogen-bond acceptors (Lipinski definition) is 3. The number of likely N-dealkylation sites (tertiary alicyclic amines) is 1. The lowest BCUT2D eigenvalue weighted by Gasteiger charge is -2.26. The lowest BCUT2D eigenvalue weighted by molar-refractivity contribution is -0.132. The van der Waals surface area contributed by atoms with Crippen LogP contribution in [0.25, 0.3) is 0 Å². The van der Waals surface area contributed by atoms with Gasteiger partial charge in [0.1, 0.15) is 0 Å². The molecule has 4 heteroatoms. The Morgan fingerprint density at radius 1 is 1.32 bits per heavy atom. The highest BCUT2D eigenvalue weighted by molar-refractivity contribution is 5.76. The standard InChI is InChI=1S/C15H21NO3/c1-19-14-11-12(5-7-13(14)17)6-8-15(18)16-9-3-2-4-10-16/h5,7,11,17H,2-4,6,8-10H2,1H3. The zero-order chi connectivity index (χ0) is 13.7. The smallest absolute Gasteiger partial charge is 0.222 e. The van der Waals surface area contributed by atoms with Crippen molar-refractivity contribution in [2.24, 2.45) is 0 Å². The molecule has 0 spiro atoms. The predicted molar refractivity (Wildman–Crippen MR) is 73.4 cm³/mol. The van der Waals surface area contributed by atoms with Gasteiger partial charge in [0.2, 0.25) is 5.91 Å². The number of carbonyl (C=O) groups excluding carboxylic acids is 1. The Balaban J connectivity index is 1.89. The number of carbonyl (C=O) groups is 1. The van der Waals surface area contributed by atoms with Crippen LogP contribution in [-0.4, -0.2) is 36.1 Å². The Hall–Kier alpha value is -1.71. The highest BCUT2D eigenvalue weighted by Gasteiger charge is 2.16. The Bertz CT molecular complexity index is 439. The molecule has 0 radical (unpaired) electrons. The highest BCUT2D eigenvalue weighted by atomic mass is 16.5. The molecule has 0 bridgehead atoms. The first-order valence-electron chi connectivity index (χ1n) is 6.84. The van der Waals surface area contributed by atoms with E-state index in [0.29, 0.717) is 18.6 Å². The molecule has 1 aromatic carbocycles. The number of phenols is 1. The van der Waals surface area contributed by atoms with Gasteiger partial charge in [-0.3, -0.25) is 4.79 Å². The molecule has 0 atom stereocenters. The largest absolute Gasteiger partial charge is 0.504 e. The summed E-state index contributed by atoms with van der Waals surface area (Å²) in [5.74, 6) is 0.822. The van der Waals surface area contributed by atoms with Crippen LogP contribution in [0.1, 0.15) is 31.2 Å². The number of nitrogens with zero attached hydrogens (tertiary/aromatic N) is 1. The third kappa shape index (κ3) is 3.63. The molecule has 0 unspecified atom stereocenters. The first-order chi connectivity index (χ1) is 9.20. The minimum absolute atomic E-state index is 0.133. The van der Waals surface area contributed by atoms with Crippen LogP contribution in [0, 0.1) is 0 Å². The Labute approximate surface area is 114 Å². The lowest BCUT2D eigenvalue weighted by atomic mass is 10.1. The topological polar surface area (TPSA) is 49.8 Å². The van der Waals surface area contributed by atoms with Crippen LogP contribution in [0.2, 0.25) is 0 Å². The number of hydrogen-bond donors (Lipinski definition) is 1. The number of phenolic OH excluding ortho intramolecular Hbond substituents is 1. The summed E-state index contributed by atoms with van der Waals surface area (Å²) in [6, 6.07) is 5.24. The van der Waals surface area contributed by atoms with Crippen molar-refractivity contribution in [3.63, 3.8) is 0 Å². The van der Waals surface area contributed by atoms with Gasteiger partial charge in [-0.05, 0) is 43.4 Å². The maximum Gasteiger partial charge on any atom is 0.222 e. The van der Waals surface area contributed by atoms with Crippen molar-refractivity contribution in [1.82, 2.24) is 4.90 Å². The summed E-state index contributed by atoms with van der Waals surface area (Å²) in [7, 11) is 1.53. The second kappa shape index (κ2) is 6.45. The summed E-state index contributed by atoms with van der Waals surface area (Å²) in [6.45, 7) is 1.80. The van der Waals surface area contributed by atoms with Crippen LogP contribution < -0.4 is 4.74 Å². The van der Waals surface area contributed by atoms with Crippen LogP contribution >= 0.6 is 0 Å². The number of amides is 1. The summed E-state index contributed by atoms with van der Waals surface area (Å²) >= 11 is 0. The molecule has 0 aliphatic carbocycles. The second-order valence-corrected chi connectivity index (χ2v) is 4.95. The first kappa shape index (κ1) is 13.7. The molecule has 1 aliphatic rings. The Kier molecular flexibility index (Phi) is 4.66. The molecular weight excluding hydrogens is 242 g/mol. The van der Waals surface area contributed by atoms with Crippen molar-refractivity contribution in [2.45, 2.75) is 32.1 Å². The average Bonchev–Trinajstić information content (AvgIpc) is 2.47. The van der Waals surface area contributed by atoms with Crippen LogP contribution in [0.4, 0.5) is 0 Å². The number of ether oxygens (including phenoxy) is 1. The molecule has 1 aromatic rings. The van der Waals surface area contributed by atoms with Gasteiger partial charge in [-0.1, -0.05) is 6.07 Å². The quantitative estimate of drug-likeness (QED) is 0.907. The van der Waals surface area contributed by atoms with Gasteiger partial charge < -0.3 is 14.7 Å². The van der Waals surface area contributed by atoms with Gasteiger partial charge in [0.05, 0.1) is 7.11 Å². The fourth-order valence-corrected chi connectivity index (χ4v) is 2.43. The van der Waals surface area contributed by atoms with E-state index in [9.17, 15) is 9.90 Å². The zero-order valence-corrected chi connectivity index (χ0v) is 11.4. The van der Waals surface area contributed by atoms with E-state index in [4.69, 9.17) is 4.74 Å². The monoisotopic (exact) mass is 263 g/mol. The zero-order valence-electron chi connectivity index (χ0n) is 11.4. The third-order valence-corrected chi connectivity index (χ3v) is 3.58. The van der Waals surface area contributed by atoms with Gasteiger partial charge >= 0.3 is 0 Å². The van der Waals surface area contributed by atoms with E-state index in [1.165, 1.54) is 13.5 Å². The van der Waals surface area contributed by atoms with Gasteiger partial charge in [-0.2, -0.15) is 0 Å². The molecule has 1 aliphatic heterocycles. The average molecular weight is 263 g/mol. The van der Waals surface area contributed by atoms with Gasteiger partial charge in [0.25, 0.3) is 0 Å². The van der Waals surface area contributed by atoms with Crippen molar-refractivity contribution < 1.29 is 14.6 Å². The molecule has 1 heterocycles. The fourth-order valence-electron chi connectivity index (χ4n) is 2.43. The van der Waals surface area contributed by atoms with Crippen LogP contribution in [0.5, 0.6) is 11.5 Å². The van der Waals surface area contributed by atoms with Gasteiger partial charge in [-0.15, -0.1) is 0 Å². The van der Waals surface area contributed by atoms with E-state index in [1.54, 1.807) is 12.1 Å². The van der Waals surface area contributed by atoms with Crippen molar-refractivity contribution in [1.29, 1.82) is 0 Å². The summed E-state index contributed by atoms with van der Waals surface area (Å²) in [5.41, 5.74) is 1.01. The molecule has 1 fully saturated rings. The number of aryl methyl sites for hydroxylation is 1. The van der Waals surface area contributed by atoms with Gasteiger partial charge in [0.15, 0.2) is 11.5 Å². The maximum absolute atomic E-state index is 12.0. The summed E-state index contributed by atoms with van der Waals surface area (Å²) in [4.78, 5) is 14.0. The predicted octanol–water partition coefficient (Wildman–Crippen LogP) is 2.35. The SMILES string of the molecule is COc1cc(CCC(=O)N2CCCCC2)ccc1O. The summed E-state index contributed by atoms with van der Waals surface area (Å²) < 4.78 is 5.06. The molecule has 2 rings (SSSR count). The lowest BCUT2D eigenvalue weighted by Crippen LogP contribution is -2.35. The van der Waals surface area contributed by atoms with Gasteiger partial charge in [0, 0.05) is 19.5 Å².